The van der Waals surface area contributed by atoms with E-state index in [-0.39, 0.29) is 0 Å². The highest BCUT2D eigenvalue weighted by atomic mass is 16.3. The normalized spacial score (nSPS) is 11.7. The number of rotatable bonds is 5. The van der Waals surface area contributed by atoms with E-state index in [1.165, 1.54) is 21.5 Å². The Morgan fingerprint density at radius 1 is 0.408 bits per heavy atom. The molecule has 0 aliphatic rings. The molecule has 10 aromatic rings. The number of hydrogen-bond donors (Lipinski definition) is 0. The van der Waals surface area contributed by atoms with Crippen LogP contribution < -0.4 is 4.90 Å². The minimum absolute atomic E-state index is 0.883. The van der Waals surface area contributed by atoms with Gasteiger partial charge < -0.3 is 13.9 Å². The Labute approximate surface area is 283 Å². The van der Waals surface area contributed by atoms with E-state index in [9.17, 15) is 0 Å². The second-order valence-corrected chi connectivity index (χ2v) is 12.5. The Balaban J connectivity index is 1.22. The maximum Gasteiger partial charge on any atom is 0.161 e. The molecule has 0 N–H and O–H groups in total. The van der Waals surface area contributed by atoms with Gasteiger partial charge in [-0.15, -0.1) is 0 Å². The number of hydrogen-bond acceptors (Lipinski definition) is 2. The van der Waals surface area contributed by atoms with Gasteiger partial charge in [-0.3, -0.25) is 0 Å². The lowest BCUT2D eigenvalue weighted by molar-refractivity contribution is 0.674. The number of anilines is 3. The van der Waals surface area contributed by atoms with Gasteiger partial charge in [-0.1, -0.05) is 121 Å². The van der Waals surface area contributed by atoms with Crippen molar-refractivity contribution in [2.45, 2.75) is 0 Å². The van der Waals surface area contributed by atoms with Crippen LogP contribution >= 0.6 is 0 Å². The first kappa shape index (κ1) is 27.5. The van der Waals surface area contributed by atoms with Gasteiger partial charge in [0.2, 0.25) is 0 Å². The van der Waals surface area contributed by atoms with Crippen LogP contribution in [0.2, 0.25) is 0 Å². The minimum atomic E-state index is 0.883. The Bertz CT molecular complexity index is 2830. The number of furan rings is 1. The summed E-state index contributed by atoms with van der Waals surface area (Å²) >= 11 is 0. The quantitative estimate of drug-likeness (QED) is 0.177. The van der Waals surface area contributed by atoms with E-state index in [0.29, 0.717) is 0 Å². The number of para-hydroxylation sites is 5. The van der Waals surface area contributed by atoms with Crippen LogP contribution in [0.5, 0.6) is 0 Å². The lowest BCUT2D eigenvalue weighted by atomic mass is 9.98. The van der Waals surface area contributed by atoms with Crippen molar-refractivity contribution in [3.8, 4) is 16.8 Å². The molecule has 8 aromatic carbocycles. The highest BCUT2D eigenvalue weighted by Gasteiger charge is 2.23. The SMILES string of the molecule is c1ccc(N(c2ccc3c(ccc4ccccc43)c2)c2ccccc2-c2cccc3c2oc2c4ccccc4n(-c4ccccc4)c32)cc1. The zero-order chi connectivity index (χ0) is 32.3. The Morgan fingerprint density at radius 2 is 1.06 bits per heavy atom. The molecule has 0 atom stereocenters. The zero-order valence-corrected chi connectivity index (χ0v) is 26.6. The molecule has 0 fully saturated rings. The van der Waals surface area contributed by atoms with Gasteiger partial charge in [0.1, 0.15) is 11.1 Å². The topological polar surface area (TPSA) is 21.3 Å². The van der Waals surface area contributed by atoms with E-state index in [0.717, 1.165) is 66.8 Å². The summed E-state index contributed by atoms with van der Waals surface area (Å²) in [6.45, 7) is 0. The molecule has 10 rings (SSSR count). The van der Waals surface area contributed by atoms with Crippen molar-refractivity contribution in [3.05, 3.63) is 182 Å². The highest BCUT2D eigenvalue weighted by molar-refractivity contribution is 6.19. The summed E-state index contributed by atoms with van der Waals surface area (Å²) in [7, 11) is 0. The van der Waals surface area contributed by atoms with Gasteiger partial charge in [-0.05, 0) is 82.2 Å². The van der Waals surface area contributed by atoms with Crippen molar-refractivity contribution in [1.82, 2.24) is 4.57 Å². The number of fused-ring (bicyclic) bond motifs is 8. The molecule has 3 nitrogen and oxygen atoms in total. The van der Waals surface area contributed by atoms with E-state index in [2.05, 4.69) is 191 Å². The third-order valence-electron chi connectivity index (χ3n) is 9.75. The molecule has 0 saturated carbocycles. The lowest BCUT2D eigenvalue weighted by Gasteiger charge is -2.28. The molecular formula is C46H30N2O. The molecule has 2 aromatic heterocycles. The van der Waals surface area contributed by atoms with Crippen LogP contribution in [0.1, 0.15) is 0 Å². The number of nitrogens with zero attached hydrogens (tertiary/aromatic N) is 2. The van der Waals surface area contributed by atoms with E-state index >= 15 is 0 Å². The van der Waals surface area contributed by atoms with Crippen molar-refractivity contribution in [3.63, 3.8) is 0 Å². The van der Waals surface area contributed by atoms with E-state index in [4.69, 9.17) is 4.42 Å². The summed E-state index contributed by atoms with van der Waals surface area (Å²) in [6, 6.07) is 64.8. The molecule has 0 saturated heterocycles. The van der Waals surface area contributed by atoms with Crippen molar-refractivity contribution in [1.29, 1.82) is 0 Å². The average molecular weight is 627 g/mol. The van der Waals surface area contributed by atoms with Crippen LogP contribution in [0.25, 0.3) is 71.3 Å². The Morgan fingerprint density at radius 3 is 1.94 bits per heavy atom. The molecule has 0 aliphatic carbocycles. The first-order valence-corrected chi connectivity index (χ1v) is 16.7. The van der Waals surface area contributed by atoms with Gasteiger partial charge >= 0.3 is 0 Å². The fourth-order valence-corrected chi connectivity index (χ4v) is 7.59. The molecule has 230 valence electrons. The number of aromatic nitrogens is 1. The molecule has 3 heteroatoms. The molecule has 0 aliphatic heterocycles. The molecule has 0 radical (unpaired) electrons. The summed E-state index contributed by atoms with van der Waals surface area (Å²) in [5, 5.41) is 7.17. The molecule has 0 spiro atoms. The fraction of sp³-hybridized carbons (Fsp3) is 0. The molecule has 2 heterocycles. The maximum absolute atomic E-state index is 6.96. The highest BCUT2D eigenvalue weighted by Crippen LogP contribution is 2.46. The van der Waals surface area contributed by atoms with Gasteiger partial charge in [-0.25, -0.2) is 0 Å². The fourth-order valence-electron chi connectivity index (χ4n) is 7.59. The molecular weight excluding hydrogens is 597 g/mol. The predicted octanol–water partition coefficient (Wildman–Crippen LogP) is 13.0. The van der Waals surface area contributed by atoms with Crippen LogP contribution in [0.3, 0.4) is 0 Å². The minimum Gasteiger partial charge on any atom is -0.453 e. The summed E-state index contributed by atoms with van der Waals surface area (Å²) in [6.07, 6.45) is 0. The summed E-state index contributed by atoms with van der Waals surface area (Å²) < 4.78 is 9.29. The van der Waals surface area contributed by atoms with Gasteiger partial charge in [0.25, 0.3) is 0 Å². The summed E-state index contributed by atoms with van der Waals surface area (Å²) in [5.41, 5.74) is 10.5. The largest absolute Gasteiger partial charge is 0.453 e. The van der Waals surface area contributed by atoms with Crippen LogP contribution in [-0.2, 0) is 0 Å². The first-order valence-electron chi connectivity index (χ1n) is 16.7. The van der Waals surface area contributed by atoms with E-state index in [1.807, 2.05) is 0 Å². The third kappa shape index (κ3) is 4.29. The van der Waals surface area contributed by atoms with E-state index in [1.54, 1.807) is 0 Å². The summed E-state index contributed by atoms with van der Waals surface area (Å²) in [5.74, 6) is 0. The zero-order valence-electron chi connectivity index (χ0n) is 26.6. The lowest BCUT2D eigenvalue weighted by Crippen LogP contribution is -2.11. The summed E-state index contributed by atoms with van der Waals surface area (Å²) in [4.78, 5) is 2.37. The Kier molecular flexibility index (Phi) is 6.18. The standard InChI is InChI=1S/C46H30N2O/c1-3-15-33(16-4-1)47(35-28-29-37-32(30-35)27-26-31-14-7-8-19-36(31)37)42-24-11-9-20-38(42)39-22-13-23-41-44-46(49-45(39)41)40-21-10-12-25-43(40)48(44)34-17-5-2-6-18-34/h1-30H. The predicted molar refractivity (Wildman–Crippen MR) is 206 cm³/mol. The second-order valence-electron chi connectivity index (χ2n) is 12.5. The molecule has 0 bridgehead atoms. The monoisotopic (exact) mass is 626 g/mol. The van der Waals surface area contributed by atoms with Crippen LogP contribution in [0, 0.1) is 0 Å². The molecule has 0 amide bonds. The average Bonchev–Trinajstić information content (AvgIpc) is 3.71. The second kappa shape index (κ2) is 11.0. The smallest absolute Gasteiger partial charge is 0.161 e. The third-order valence-corrected chi connectivity index (χ3v) is 9.75. The van der Waals surface area contributed by atoms with Gasteiger partial charge in [0.15, 0.2) is 5.58 Å². The molecule has 0 unspecified atom stereocenters. The van der Waals surface area contributed by atoms with Gasteiger partial charge in [0, 0.05) is 39.0 Å². The Hall–Kier alpha value is -6.58. The van der Waals surface area contributed by atoms with Crippen LogP contribution in [0.4, 0.5) is 17.1 Å². The van der Waals surface area contributed by atoms with Crippen molar-refractivity contribution < 1.29 is 4.42 Å². The van der Waals surface area contributed by atoms with Gasteiger partial charge in [0.05, 0.1) is 11.2 Å². The molecule has 49 heavy (non-hydrogen) atoms. The van der Waals surface area contributed by atoms with Crippen molar-refractivity contribution in [2.75, 3.05) is 4.90 Å². The van der Waals surface area contributed by atoms with Crippen LogP contribution in [0.15, 0.2) is 186 Å². The maximum atomic E-state index is 6.96. The number of benzene rings is 8. The van der Waals surface area contributed by atoms with Crippen molar-refractivity contribution in [2.24, 2.45) is 0 Å². The van der Waals surface area contributed by atoms with Gasteiger partial charge in [-0.2, -0.15) is 0 Å². The van der Waals surface area contributed by atoms with Crippen molar-refractivity contribution >= 4 is 71.6 Å². The van der Waals surface area contributed by atoms with E-state index < -0.39 is 0 Å². The van der Waals surface area contributed by atoms with Crippen LogP contribution in [-0.4, -0.2) is 4.57 Å². The first-order chi connectivity index (χ1) is 24.3.